The summed E-state index contributed by atoms with van der Waals surface area (Å²) in [6.07, 6.45) is 0. The van der Waals surface area contributed by atoms with Gasteiger partial charge in [0, 0.05) is 11.4 Å². The molecule has 4 heteroatoms. The van der Waals surface area contributed by atoms with Crippen molar-refractivity contribution in [1.82, 2.24) is 10.3 Å². The molecule has 1 heterocycles. The summed E-state index contributed by atoms with van der Waals surface area (Å²) in [5, 5.41) is 12.7. The molecule has 100 valence electrons. The number of pyridine rings is 1. The summed E-state index contributed by atoms with van der Waals surface area (Å²) in [7, 11) is 0. The van der Waals surface area contributed by atoms with Gasteiger partial charge >= 0.3 is 0 Å². The van der Waals surface area contributed by atoms with Crippen LogP contribution in [0.15, 0.2) is 24.3 Å². The van der Waals surface area contributed by atoms with Crippen LogP contribution in [0.3, 0.4) is 0 Å². The molecule has 2 aromatic rings. The number of nitrogens with one attached hydrogen (secondary N) is 1. The van der Waals surface area contributed by atoms with Gasteiger partial charge in [0.1, 0.15) is 0 Å². The minimum Gasteiger partial charge on any atom is -0.394 e. The van der Waals surface area contributed by atoms with Crippen LogP contribution in [0.1, 0.15) is 28.5 Å². The minimum atomic E-state index is -0.264. The summed E-state index contributed by atoms with van der Waals surface area (Å²) in [5.41, 5.74) is 3.26. The largest absolute Gasteiger partial charge is 0.394 e. The zero-order valence-corrected chi connectivity index (χ0v) is 11.4. The fourth-order valence-electron chi connectivity index (χ4n) is 1.97. The van der Waals surface area contributed by atoms with Gasteiger partial charge in [0.2, 0.25) is 0 Å². The van der Waals surface area contributed by atoms with E-state index in [9.17, 15) is 4.79 Å². The van der Waals surface area contributed by atoms with Crippen LogP contribution in [0, 0.1) is 13.8 Å². The number of aryl methyl sites for hydroxylation is 2. The molecule has 1 amide bonds. The van der Waals surface area contributed by atoms with Crippen molar-refractivity contribution in [2.45, 2.75) is 26.8 Å². The highest BCUT2D eigenvalue weighted by Crippen LogP contribution is 2.18. The molecule has 2 N–H and O–H groups in total. The first-order chi connectivity index (χ1) is 9.01. The summed E-state index contributed by atoms with van der Waals surface area (Å²) in [6, 6.07) is 7.55. The first kappa shape index (κ1) is 13.5. The second kappa shape index (κ2) is 5.36. The molecular weight excluding hydrogens is 240 g/mol. The fourth-order valence-corrected chi connectivity index (χ4v) is 1.97. The number of carbonyl (C=O) groups excluding carboxylic acids is 1. The number of aliphatic hydroxyl groups is 1. The number of rotatable bonds is 3. The Hall–Kier alpha value is -1.94. The lowest BCUT2D eigenvalue weighted by Crippen LogP contribution is -2.35. The SMILES string of the molecule is Cc1ccc2nc(C)c(C(=O)NC(C)CO)cc2c1. The summed E-state index contributed by atoms with van der Waals surface area (Å²) < 4.78 is 0. The summed E-state index contributed by atoms with van der Waals surface area (Å²) >= 11 is 0. The smallest absolute Gasteiger partial charge is 0.253 e. The van der Waals surface area contributed by atoms with Crippen LogP contribution in [0.5, 0.6) is 0 Å². The fraction of sp³-hybridized carbons (Fsp3) is 0.333. The first-order valence-electron chi connectivity index (χ1n) is 6.31. The molecule has 19 heavy (non-hydrogen) atoms. The number of aromatic nitrogens is 1. The maximum Gasteiger partial charge on any atom is 0.253 e. The molecule has 2 rings (SSSR count). The van der Waals surface area contributed by atoms with Crippen molar-refractivity contribution >= 4 is 16.8 Å². The monoisotopic (exact) mass is 258 g/mol. The van der Waals surface area contributed by atoms with E-state index in [1.807, 2.05) is 38.1 Å². The molecule has 1 aromatic carbocycles. The van der Waals surface area contributed by atoms with Gasteiger partial charge in [0.25, 0.3) is 5.91 Å². The number of hydrogen-bond donors (Lipinski definition) is 2. The molecule has 0 saturated heterocycles. The number of amides is 1. The van der Waals surface area contributed by atoms with Crippen LogP contribution >= 0.6 is 0 Å². The Kier molecular flexibility index (Phi) is 3.81. The zero-order chi connectivity index (χ0) is 14.0. The number of benzene rings is 1. The number of aliphatic hydroxyl groups excluding tert-OH is 1. The average molecular weight is 258 g/mol. The molecule has 4 nitrogen and oxygen atoms in total. The molecule has 1 unspecified atom stereocenters. The molecule has 0 bridgehead atoms. The Bertz CT molecular complexity index is 623. The van der Waals surface area contributed by atoms with E-state index in [2.05, 4.69) is 10.3 Å². The van der Waals surface area contributed by atoms with Gasteiger partial charge < -0.3 is 10.4 Å². The Morgan fingerprint density at radius 2 is 2.11 bits per heavy atom. The molecule has 0 aliphatic rings. The van der Waals surface area contributed by atoms with Crippen molar-refractivity contribution in [3.8, 4) is 0 Å². The molecule has 0 spiro atoms. The van der Waals surface area contributed by atoms with Crippen molar-refractivity contribution in [2.75, 3.05) is 6.61 Å². The third-order valence-electron chi connectivity index (χ3n) is 3.06. The van der Waals surface area contributed by atoms with Crippen molar-refractivity contribution in [1.29, 1.82) is 0 Å². The highest BCUT2D eigenvalue weighted by Gasteiger charge is 2.13. The van der Waals surface area contributed by atoms with Gasteiger partial charge in [-0.1, -0.05) is 11.6 Å². The predicted octanol–water partition coefficient (Wildman–Crippen LogP) is 1.96. The van der Waals surface area contributed by atoms with Crippen LogP contribution < -0.4 is 5.32 Å². The second-order valence-electron chi connectivity index (χ2n) is 4.87. The lowest BCUT2D eigenvalue weighted by atomic mass is 10.1. The summed E-state index contributed by atoms with van der Waals surface area (Å²) in [5.74, 6) is -0.199. The molecule has 0 fully saturated rings. The van der Waals surface area contributed by atoms with Gasteiger partial charge in [-0.3, -0.25) is 9.78 Å². The van der Waals surface area contributed by atoms with E-state index in [1.54, 1.807) is 6.92 Å². The topological polar surface area (TPSA) is 62.2 Å². The standard InChI is InChI=1S/C15H18N2O2/c1-9-4-5-14-12(6-9)7-13(11(3)17-14)15(19)16-10(2)8-18/h4-7,10,18H,8H2,1-3H3,(H,16,19). The molecule has 1 aromatic heterocycles. The van der Waals surface area contributed by atoms with E-state index in [4.69, 9.17) is 5.11 Å². The van der Waals surface area contributed by atoms with Crippen LogP contribution in [0.25, 0.3) is 10.9 Å². The lowest BCUT2D eigenvalue weighted by Gasteiger charge is -2.12. The Morgan fingerprint density at radius 3 is 2.79 bits per heavy atom. The molecular formula is C15H18N2O2. The van der Waals surface area contributed by atoms with E-state index in [0.717, 1.165) is 16.5 Å². The Balaban J connectivity index is 2.42. The normalized spacial score (nSPS) is 12.4. The van der Waals surface area contributed by atoms with E-state index in [0.29, 0.717) is 11.3 Å². The highest BCUT2D eigenvalue weighted by atomic mass is 16.3. The maximum atomic E-state index is 12.1. The third kappa shape index (κ3) is 2.90. The quantitative estimate of drug-likeness (QED) is 0.884. The number of fused-ring (bicyclic) bond motifs is 1. The van der Waals surface area contributed by atoms with E-state index in [1.165, 1.54) is 0 Å². The molecule has 0 saturated carbocycles. The predicted molar refractivity (Wildman–Crippen MR) is 75.2 cm³/mol. The van der Waals surface area contributed by atoms with E-state index >= 15 is 0 Å². The number of nitrogens with zero attached hydrogens (tertiary/aromatic N) is 1. The maximum absolute atomic E-state index is 12.1. The Labute approximate surface area is 112 Å². The number of carbonyl (C=O) groups is 1. The zero-order valence-electron chi connectivity index (χ0n) is 11.4. The second-order valence-corrected chi connectivity index (χ2v) is 4.87. The lowest BCUT2D eigenvalue weighted by molar-refractivity contribution is 0.0921. The molecule has 0 radical (unpaired) electrons. The van der Waals surface area contributed by atoms with Crippen LogP contribution in [0.2, 0.25) is 0 Å². The van der Waals surface area contributed by atoms with Gasteiger partial charge in [0.15, 0.2) is 0 Å². The summed E-state index contributed by atoms with van der Waals surface area (Å²) in [4.78, 5) is 16.5. The first-order valence-corrected chi connectivity index (χ1v) is 6.31. The van der Waals surface area contributed by atoms with Crippen molar-refractivity contribution in [2.24, 2.45) is 0 Å². The van der Waals surface area contributed by atoms with Crippen LogP contribution in [-0.4, -0.2) is 28.6 Å². The van der Waals surface area contributed by atoms with Gasteiger partial charge in [-0.15, -0.1) is 0 Å². The summed E-state index contributed by atoms with van der Waals surface area (Å²) in [6.45, 7) is 5.50. The molecule has 0 aliphatic carbocycles. The van der Waals surface area contributed by atoms with Gasteiger partial charge in [-0.05, 0) is 39.0 Å². The third-order valence-corrected chi connectivity index (χ3v) is 3.06. The minimum absolute atomic E-state index is 0.0785. The Morgan fingerprint density at radius 1 is 1.37 bits per heavy atom. The van der Waals surface area contributed by atoms with Crippen molar-refractivity contribution < 1.29 is 9.90 Å². The van der Waals surface area contributed by atoms with E-state index in [-0.39, 0.29) is 18.6 Å². The van der Waals surface area contributed by atoms with Crippen LogP contribution in [-0.2, 0) is 0 Å². The highest BCUT2D eigenvalue weighted by molar-refractivity contribution is 5.98. The van der Waals surface area contributed by atoms with E-state index < -0.39 is 0 Å². The average Bonchev–Trinajstić information content (AvgIpc) is 2.38. The van der Waals surface area contributed by atoms with Crippen LogP contribution in [0.4, 0.5) is 0 Å². The van der Waals surface area contributed by atoms with Crippen molar-refractivity contribution in [3.63, 3.8) is 0 Å². The van der Waals surface area contributed by atoms with Gasteiger partial charge in [0.05, 0.1) is 23.4 Å². The molecule has 0 aliphatic heterocycles. The number of hydrogen-bond acceptors (Lipinski definition) is 3. The molecule has 1 atom stereocenters. The van der Waals surface area contributed by atoms with Crippen molar-refractivity contribution in [3.05, 3.63) is 41.1 Å². The van der Waals surface area contributed by atoms with Gasteiger partial charge in [-0.2, -0.15) is 0 Å². The van der Waals surface area contributed by atoms with Gasteiger partial charge in [-0.25, -0.2) is 0 Å².